The van der Waals surface area contributed by atoms with E-state index in [1.165, 1.54) is 0 Å². The second kappa shape index (κ2) is 7.79. The first-order chi connectivity index (χ1) is 9.02. The summed E-state index contributed by atoms with van der Waals surface area (Å²) in [6.07, 6.45) is 0.223. The van der Waals surface area contributed by atoms with Crippen molar-refractivity contribution in [1.29, 1.82) is 0 Å². The van der Waals surface area contributed by atoms with Crippen molar-refractivity contribution in [3.63, 3.8) is 0 Å². The molecule has 0 aliphatic rings. The van der Waals surface area contributed by atoms with Crippen molar-refractivity contribution in [1.82, 2.24) is 0 Å². The zero-order valence-corrected chi connectivity index (χ0v) is 11.8. The van der Waals surface area contributed by atoms with E-state index in [1.54, 1.807) is 25.1 Å². The average Bonchev–Trinajstić information content (AvgIpc) is 2.35. The molecule has 0 fully saturated rings. The molecule has 0 atom stereocenters. The van der Waals surface area contributed by atoms with Crippen molar-refractivity contribution in [3.8, 4) is 5.75 Å². The number of hydrogen-bond donors (Lipinski definition) is 0. The van der Waals surface area contributed by atoms with Gasteiger partial charge in [-0.05, 0) is 37.6 Å². The van der Waals surface area contributed by atoms with Crippen molar-refractivity contribution in [2.24, 2.45) is 0 Å². The predicted molar refractivity (Wildman–Crippen MR) is 72.6 cm³/mol. The van der Waals surface area contributed by atoms with Gasteiger partial charge in [0.15, 0.2) is 5.78 Å². The fourth-order valence-corrected chi connectivity index (χ4v) is 1.71. The number of carbonyl (C=O) groups is 2. The minimum Gasteiger partial charge on any atom is -0.486 e. The molecule has 1 rings (SSSR count). The van der Waals surface area contributed by atoms with E-state index in [0.29, 0.717) is 17.4 Å². The molecule has 0 saturated heterocycles. The summed E-state index contributed by atoms with van der Waals surface area (Å²) in [7, 11) is 0. The third-order valence-corrected chi connectivity index (χ3v) is 2.67. The quantitative estimate of drug-likeness (QED) is 0.723. The molecular formula is C14H17ClO4. The number of aryl methyl sites for hydroxylation is 1. The molecule has 19 heavy (non-hydrogen) atoms. The van der Waals surface area contributed by atoms with Crippen LogP contribution in [-0.4, -0.2) is 25.0 Å². The van der Waals surface area contributed by atoms with Gasteiger partial charge in [0.05, 0.1) is 13.0 Å². The molecule has 1 aromatic carbocycles. The van der Waals surface area contributed by atoms with E-state index in [9.17, 15) is 9.59 Å². The minimum absolute atomic E-state index is 0.0537. The van der Waals surface area contributed by atoms with Crippen molar-refractivity contribution in [3.05, 3.63) is 28.8 Å². The van der Waals surface area contributed by atoms with Gasteiger partial charge in [-0.15, -0.1) is 0 Å². The highest BCUT2D eigenvalue weighted by molar-refractivity contribution is 6.30. The number of ketones is 1. The van der Waals surface area contributed by atoms with Crippen LogP contribution in [0.3, 0.4) is 0 Å². The van der Waals surface area contributed by atoms with Crippen LogP contribution in [0.25, 0.3) is 0 Å². The summed E-state index contributed by atoms with van der Waals surface area (Å²) >= 11 is 5.82. The Hall–Kier alpha value is -1.55. The van der Waals surface area contributed by atoms with Crippen molar-refractivity contribution in [2.75, 3.05) is 13.2 Å². The number of hydrogen-bond acceptors (Lipinski definition) is 4. The van der Waals surface area contributed by atoms with E-state index in [2.05, 4.69) is 0 Å². The van der Waals surface area contributed by atoms with Crippen LogP contribution in [0.5, 0.6) is 5.75 Å². The summed E-state index contributed by atoms with van der Waals surface area (Å²) in [6, 6.07) is 5.18. The van der Waals surface area contributed by atoms with Crippen LogP contribution >= 0.6 is 11.6 Å². The van der Waals surface area contributed by atoms with Crippen molar-refractivity contribution >= 4 is 23.4 Å². The van der Waals surface area contributed by atoms with Gasteiger partial charge in [-0.25, -0.2) is 0 Å². The van der Waals surface area contributed by atoms with Gasteiger partial charge in [-0.1, -0.05) is 11.6 Å². The lowest BCUT2D eigenvalue weighted by atomic mass is 10.2. The molecule has 0 aliphatic carbocycles. The first kappa shape index (κ1) is 15.5. The summed E-state index contributed by atoms with van der Waals surface area (Å²) in [5, 5.41) is 0.624. The summed E-state index contributed by atoms with van der Waals surface area (Å²) in [5.41, 5.74) is 0.866. The maximum atomic E-state index is 11.5. The van der Waals surface area contributed by atoms with Gasteiger partial charge in [-0.3, -0.25) is 9.59 Å². The Morgan fingerprint density at radius 3 is 2.63 bits per heavy atom. The van der Waals surface area contributed by atoms with Crippen LogP contribution in [0.2, 0.25) is 5.02 Å². The molecule has 4 nitrogen and oxygen atoms in total. The lowest BCUT2D eigenvalue weighted by molar-refractivity contribution is -0.144. The Morgan fingerprint density at radius 2 is 2.00 bits per heavy atom. The number of benzene rings is 1. The van der Waals surface area contributed by atoms with Crippen LogP contribution in [-0.2, 0) is 14.3 Å². The second-order valence-electron chi connectivity index (χ2n) is 4.04. The van der Waals surface area contributed by atoms with E-state index in [4.69, 9.17) is 21.1 Å². The largest absolute Gasteiger partial charge is 0.486 e. The number of Topliss-reactive ketones (excluding diaryl/α,β-unsaturated/α-hetero) is 1. The summed E-state index contributed by atoms with van der Waals surface area (Å²) in [6.45, 7) is 3.85. The van der Waals surface area contributed by atoms with Crippen LogP contribution < -0.4 is 4.74 Å². The minimum atomic E-state index is -0.362. The Balaban J connectivity index is 2.36. The Morgan fingerprint density at radius 1 is 1.26 bits per heavy atom. The number of esters is 1. The molecule has 0 aliphatic heterocycles. The van der Waals surface area contributed by atoms with Crippen LogP contribution in [0, 0.1) is 6.92 Å². The second-order valence-corrected chi connectivity index (χ2v) is 4.48. The number of carbonyl (C=O) groups excluding carboxylic acids is 2. The molecule has 0 radical (unpaired) electrons. The highest BCUT2D eigenvalue weighted by atomic mass is 35.5. The SMILES string of the molecule is CCOC(=O)CCC(=O)COc1ccc(Cl)cc1C. The monoisotopic (exact) mass is 284 g/mol. The summed E-state index contributed by atoms with van der Waals surface area (Å²) < 4.78 is 10.1. The van der Waals surface area contributed by atoms with E-state index in [1.807, 2.05) is 6.92 Å². The Kier molecular flexibility index (Phi) is 6.36. The van der Waals surface area contributed by atoms with E-state index in [0.717, 1.165) is 5.56 Å². The lowest BCUT2D eigenvalue weighted by Gasteiger charge is -2.08. The van der Waals surface area contributed by atoms with E-state index in [-0.39, 0.29) is 31.2 Å². The molecule has 0 aromatic heterocycles. The molecule has 0 bridgehead atoms. The van der Waals surface area contributed by atoms with Gasteiger partial charge in [0.25, 0.3) is 0 Å². The summed E-state index contributed by atoms with van der Waals surface area (Å²) in [5.74, 6) is 0.120. The fraction of sp³-hybridized carbons (Fsp3) is 0.429. The number of ether oxygens (including phenoxy) is 2. The van der Waals surface area contributed by atoms with Crippen molar-refractivity contribution in [2.45, 2.75) is 26.7 Å². The first-order valence-corrected chi connectivity index (χ1v) is 6.47. The fourth-order valence-electron chi connectivity index (χ4n) is 1.48. The van der Waals surface area contributed by atoms with E-state index >= 15 is 0 Å². The predicted octanol–water partition coefficient (Wildman–Crippen LogP) is 2.94. The molecule has 0 spiro atoms. The zero-order chi connectivity index (χ0) is 14.3. The summed E-state index contributed by atoms with van der Waals surface area (Å²) in [4.78, 5) is 22.6. The molecule has 0 amide bonds. The Labute approximate surface area is 117 Å². The average molecular weight is 285 g/mol. The highest BCUT2D eigenvalue weighted by Gasteiger charge is 2.09. The standard InChI is InChI=1S/C14H17ClO4/c1-3-18-14(17)7-5-12(16)9-19-13-6-4-11(15)8-10(13)2/h4,6,8H,3,5,7,9H2,1-2H3. The molecule has 0 saturated carbocycles. The first-order valence-electron chi connectivity index (χ1n) is 6.09. The van der Waals surface area contributed by atoms with Crippen molar-refractivity contribution < 1.29 is 19.1 Å². The third kappa shape index (κ3) is 5.75. The molecule has 0 N–H and O–H groups in total. The molecule has 0 unspecified atom stereocenters. The topological polar surface area (TPSA) is 52.6 Å². The van der Waals surface area contributed by atoms with Gasteiger partial charge >= 0.3 is 5.97 Å². The normalized spacial score (nSPS) is 10.1. The number of rotatable bonds is 7. The van der Waals surface area contributed by atoms with E-state index < -0.39 is 0 Å². The molecule has 0 heterocycles. The Bertz CT molecular complexity index is 457. The third-order valence-electron chi connectivity index (χ3n) is 2.44. The smallest absolute Gasteiger partial charge is 0.306 e. The zero-order valence-electron chi connectivity index (χ0n) is 11.1. The molecular weight excluding hydrogens is 268 g/mol. The lowest BCUT2D eigenvalue weighted by Crippen LogP contribution is -2.14. The maximum Gasteiger partial charge on any atom is 0.306 e. The van der Waals surface area contributed by atoms with Crippen LogP contribution in [0.4, 0.5) is 0 Å². The highest BCUT2D eigenvalue weighted by Crippen LogP contribution is 2.21. The molecule has 5 heteroatoms. The molecule has 104 valence electrons. The molecule has 1 aromatic rings. The van der Waals surface area contributed by atoms with Gasteiger partial charge in [0, 0.05) is 11.4 Å². The van der Waals surface area contributed by atoms with Gasteiger partial charge in [0.2, 0.25) is 0 Å². The van der Waals surface area contributed by atoms with Gasteiger partial charge < -0.3 is 9.47 Å². The number of halogens is 1. The van der Waals surface area contributed by atoms with Gasteiger partial charge in [0.1, 0.15) is 12.4 Å². The van der Waals surface area contributed by atoms with Crippen LogP contribution in [0.1, 0.15) is 25.3 Å². The maximum absolute atomic E-state index is 11.5. The van der Waals surface area contributed by atoms with Crippen LogP contribution in [0.15, 0.2) is 18.2 Å². The van der Waals surface area contributed by atoms with Gasteiger partial charge in [-0.2, -0.15) is 0 Å².